The zero-order valence-electron chi connectivity index (χ0n) is 17.0. The van der Waals surface area contributed by atoms with E-state index in [1.807, 2.05) is 0 Å². The van der Waals surface area contributed by atoms with Gasteiger partial charge in [0.15, 0.2) is 0 Å². The predicted molar refractivity (Wildman–Crippen MR) is 128 cm³/mol. The highest BCUT2D eigenvalue weighted by Crippen LogP contribution is 2.33. The Morgan fingerprint density at radius 2 is 1.97 bits per heavy atom. The smallest absolute Gasteiger partial charge is 0.268 e. The first-order chi connectivity index (χ1) is 15.6. The van der Waals surface area contributed by atoms with E-state index in [1.54, 1.807) is 72.4 Å². The molecule has 0 radical (unpaired) electrons. The molecule has 0 saturated carbocycles. The molecular formula is C24H19ClN4O2S. The van der Waals surface area contributed by atoms with E-state index in [2.05, 4.69) is 15.5 Å². The second-order valence-electron chi connectivity index (χ2n) is 7.61. The molecule has 2 aromatic heterocycles. The summed E-state index contributed by atoms with van der Waals surface area (Å²) in [6.07, 6.45) is 7.28. The number of fused-ring (bicyclic) bond motifs is 3. The van der Waals surface area contributed by atoms with Gasteiger partial charge in [-0.25, -0.2) is 10.4 Å². The molecule has 1 amide bonds. The molecule has 6 nitrogen and oxygen atoms in total. The first kappa shape index (κ1) is 20.6. The zero-order chi connectivity index (χ0) is 22.1. The third-order valence-electron chi connectivity index (χ3n) is 5.51. The van der Waals surface area contributed by atoms with Crippen LogP contribution in [0.25, 0.3) is 15.9 Å². The van der Waals surface area contributed by atoms with Crippen molar-refractivity contribution in [3.8, 4) is 5.69 Å². The number of hydrogen-bond acceptors (Lipinski definition) is 5. The van der Waals surface area contributed by atoms with E-state index >= 15 is 0 Å². The molecule has 2 aromatic carbocycles. The van der Waals surface area contributed by atoms with Crippen molar-refractivity contribution in [2.75, 3.05) is 0 Å². The highest BCUT2D eigenvalue weighted by atomic mass is 35.5. The second-order valence-corrected chi connectivity index (χ2v) is 9.13. The number of rotatable bonds is 4. The first-order valence-corrected chi connectivity index (χ1v) is 11.5. The quantitative estimate of drug-likeness (QED) is 0.351. The van der Waals surface area contributed by atoms with Crippen LogP contribution < -0.4 is 11.0 Å². The van der Waals surface area contributed by atoms with Gasteiger partial charge >= 0.3 is 0 Å². The van der Waals surface area contributed by atoms with E-state index in [1.165, 1.54) is 9.44 Å². The largest absolute Gasteiger partial charge is 0.271 e. The van der Waals surface area contributed by atoms with Crippen LogP contribution in [0.3, 0.4) is 0 Å². The Bertz CT molecular complexity index is 1410. The van der Waals surface area contributed by atoms with Crippen molar-refractivity contribution in [1.29, 1.82) is 0 Å². The number of amides is 1. The topological polar surface area (TPSA) is 76.3 Å². The maximum atomic E-state index is 13.3. The lowest BCUT2D eigenvalue weighted by Gasteiger charge is -2.11. The lowest BCUT2D eigenvalue weighted by atomic mass is 9.97. The molecule has 0 atom stereocenters. The lowest BCUT2D eigenvalue weighted by Crippen LogP contribution is -2.21. The average molecular weight is 463 g/mol. The van der Waals surface area contributed by atoms with Crippen LogP contribution >= 0.6 is 22.9 Å². The van der Waals surface area contributed by atoms with Crippen molar-refractivity contribution >= 4 is 45.3 Å². The van der Waals surface area contributed by atoms with Crippen molar-refractivity contribution < 1.29 is 4.79 Å². The van der Waals surface area contributed by atoms with Crippen LogP contribution in [0.4, 0.5) is 0 Å². The molecule has 0 spiro atoms. The van der Waals surface area contributed by atoms with Crippen molar-refractivity contribution in [2.24, 2.45) is 5.10 Å². The molecular weight excluding hydrogens is 444 g/mol. The summed E-state index contributed by atoms with van der Waals surface area (Å²) < 4.78 is 1.51. The SMILES string of the molecule is O=C(N/N=C/c1ccc(Cl)cc1)c1cccc(-n2cnc3sc4c(c3c2=O)CCCC4)c1. The summed E-state index contributed by atoms with van der Waals surface area (Å²) in [5.41, 5.74) is 5.38. The molecule has 8 heteroatoms. The fraction of sp³-hybridized carbons (Fsp3) is 0.167. The highest BCUT2D eigenvalue weighted by Gasteiger charge is 2.20. The van der Waals surface area contributed by atoms with Gasteiger partial charge < -0.3 is 0 Å². The maximum absolute atomic E-state index is 13.3. The summed E-state index contributed by atoms with van der Waals surface area (Å²) >= 11 is 7.49. The van der Waals surface area contributed by atoms with E-state index in [0.717, 1.165) is 47.0 Å². The van der Waals surface area contributed by atoms with E-state index in [-0.39, 0.29) is 11.5 Å². The van der Waals surface area contributed by atoms with Crippen LogP contribution in [0.5, 0.6) is 0 Å². The van der Waals surface area contributed by atoms with Crippen LogP contribution in [0.1, 0.15) is 39.2 Å². The monoisotopic (exact) mass is 462 g/mol. The molecule has 1 aliphatic rings. The van der Waals surface area contributed by atoms with Crippen LogP contribution in [-0.2, 0) is 12.8 Å². The van der Waals surface area contributed by atoms with Crippen molar-refractivity contribution in [1.82, 2.24) is 15.0 Å². The fourth-order valence-electron chi connectivity index (χ4n) is 3.91. The standard InChI is InChI=1S/C24H19ClN4O2S/c25-17-10-8-15(9-11-17)13-27-28-22(30)16-4-3-5-18(12-16)29-14-26-23-21(24(29)31)19-6-1-2-7-20(19)32-23/h3-5,8-14H,1-2,6-7H2,(H,28,30)/b27-13+. The lowest BCUT2D eigenvalue weighted by molar-refractivity contribution is 0.0955. The number of hydrogen-bond donors (Lipinski definition) is 1. The molecule has 4 aromatic rings. The van der Waals surface area contributed by atoms with Gasteiger partial charge in [0, 0.05) is 15.5 Å². The molecule has 5 rings (SSSR count). The second kappa shape index (κ2) is 8.68. The Morgan fingerprint density at radius 1 is 1.16 bits per heavy atom. The number of thiophene rings is 1. The molecule has 0 unspecified atom stereocenters. The van der Waals surface area contributed by atoms with Gasteiger partial charge in [-0.3, -0.25) is 14.2 Å². The Morgan fingerprint density at radius 3 is 2.81 bits per heavy atom. The predicted octanol–water partition coefficient (Wildman–Crippen LogP) is 4.74. The molecule has 1 aliphatic carbocycles. The molecule has 0 fully saturated rings. The molecule has 160 valence electrons. The van der Waals surface area contributed by atoms with E-state index < -0.39 is 0 Å². The van der Waals surface area contributed by atoms with Crippen molar-refractivity contribution in [3.05, 3.63) is 91.8 Å². The molecule has 0 bridgehead atoms. The summed E-state index contributed by atoms with van der Waals surface area (Å²) in [6, 6.07) is 14.0. The minimum Gasteiger partial charge on any atom is -0.268 e. The number of nitrogens with zero attached hydrogens (tertiary/aromatic N) is 3. The fourth-order valence-corrected chi connectivity index (χ4v) is 5.25. The Labute approximate surface area is 193 Å². The number of carbonyl (C=O) groups excluding carboxylic acids is 1. The van der Waals surface area contributed by atoms with Gasteiger partial charge in [0.2, 0.25) is 0 Å². The van der Waals surface area contributed by atoms with Crippen LogP contribution in [0.2, 0.25) is 5.02 Å². The number of halogens is 1. The first-order valence-electron chi connectivity index (χ1n) is 10.3. The number of aryl methyl sites for hydroxylation is 2. The van der Waals surface area contributed by atoms with Gasteiger partial charge in [-0.15, -0.1) is 11.3 Å². The summed E-state index contributed by atoms with van der Waals surface area (Å²) in [7, 11) is 0. The third-order valence-corrected chi connectivity index (χ3v) is 6.96. The van der Waals surface area contributed by atoms with E-state index in [9.17, 15) is 9.59 Å². The summed E-state index contributed by atoms with van der Waals surface area (Å²) in [4.78, 5) is 32.5. The number of hydrazone groups is 1. The molecule has 1 N–H and O–H groups in total. The maximum Gasteiger partial charge on any atom is 0.271 e. The molecule has 32 heavy (non-hydrogen) atoms. The highest BCUT2D eigenvalue weighted by molar-refractivity contribution is 7.18. The average Bonchev–Trinajstić information content (AvgIpc) is 3.20. The van der Waals surface area contributed by atoms with E-state index in [0.29, 0.717) is 16.3 Å². The van der Waals surface area contributed by atoms with Gasteiger partial charge in [-0.2, -0.15) is 5.10 Å². The number of benzene rings is 2. The molecule has 2 heterocycles. The number of nitrogens with one attached hydrogen (secondary N) is 1. The molecule has 0 aliphatic heterocycles. The number of aromatic nitrogens is 2. The summed E-state index contributed by atoms with van der Waals surface area (Å²) in [5, 5.41) is 5.35. The normalized spacial score (nSPS) is 13.4. The Balaban J connectivity index is 1.42. The Hall–Kier alpha value is -3.29. The van der Waals surface area contributed by atoms with Gasteiger partial charge in [0.05, 0.1) is 17.3 Å². The van der Waals surface area contributed by atoms with Crippen LogP contribution in [0.15, 0.2) is 64.8 Å². The minimum absolute atomic E-state index is 0.0901. The third kappa shape index (κ3) is 3.97. The van der Waals surface area contributed by atoms with Gasteiger partial charge in [0.1, 0.15) is 11.2 Å². The minimum atomic E-state index is -0.368. The summed E-state index contributed by atoms with van der Waals surface area (Å²) in [5.74, 6) is -0.368. The van der Waals surface area contributed by atoms with Crippen LogP contribution in [0, 0.1) is 0 Å². The van der Waals surface area contributed by atoms with Crippen molar-refractivity contribution in [3.63, 3.8) is 0 Å². The molecule has 0 saturated heterocycles. The van der Waals surface area contributed by atoms with Gasteiger partial charge in [-0.1, -0.05) is 29.8 Å². The van der Waals surface area contributed by atoms with Crippen molar-refractivity contribution in [2.45, 2.75) is 25.7 Å². The Kier molecular flexibility index (Phi) is 5.59. The van der Waals surface area contributed by atoms with E-state index in [4.69, 9.17) is 11.6 Å². The number of carbonyl (C=O) groups is 1. The van der Waals surface area contributed by atoms with Gasteiger partial charge in [0.25, 0.3) is 11.5 Å². The van der Waals surface area contributed by atoms with Crippen LogP contribution in [-0.4, -0.2) is 21.7 Å². The van der Waals surface area contributed by atoms with Gasteiger partial charge in [-0.05, 0) is 67.1 Å². The zero-order valence-corrected chi connectivity index (χ0v) is 18.6. The summed E-state index contributed by atoms with van der Waals surface area (Å²) in [6.45, 7) is 0.